The molecule has 2 heterocycles. The number of rotatable bonds is 2. The van der Waals surface area contributed by atoms with Gasteiger partial charge in [-0.1, -0.05) is 6.07 Å². The van der Waals surface area contributed by atoms with Gasteiger partial charge in [-0.05, 0) is 18.4 Å². The van der Waals surface area contributed by atoms with Crippen LogP contribution in [0.2, 0.25) is 0 Å². The molecule has 14 heavy (non-hydrogen) atoms. The van der Waals surface area contributed by atoms with E-state index in [2.05, 4.69) is 21.0 Å². The molecular weight excluding hydrogens is 194 g/mol. The lowest BCUT2D eigenvalue weighted by Crippen LogP contribution is -2.10. The lowest BCUT2D eigenvalue weighted by atomic mass is 10.3. The highest BCUT2D eigenvalue weighted by Crippen LogP contribution is 2.24. The van der Waals surface area contributed by atoms with Crippen molar-refractivity contribution in [2.24, 2.45) is 12.8 Å². The van der Waals surface area contributed by atoms with E-state index in [0.29, 0.717) is 0 Å². The first-order chi connectivity index (χ1) is 6.70. The Hall–Kier alpha value is -1.13. The maximum Gasteiger partial charge on any atom is 0.150 e. The Morgan fingerprint density at radius 2 is 2.36 bits per heavy atom. The first kappa shape index (κ1) is 9.43. The van der Waals surface area contributed by atoms with Gasteiger partial charge < -0.3 is 10.3 Å². The van der Waals surface area contributed by atoms with Gasteiger partial charge in [0.15, 0.2) is 0 Å². The summed E-state index contributed by atoms with van der Waals surface area (Å²) in [5.74, 6) is 0.993. The van der Waals surface area contributed by atoms with Gasteiger partial charge in [0.25, 0.3) is 0 Å². The van der Waals surface area contributed by atoms with Gasteiger partial charge in [-0.3, -0.25) is 0 Å². The van der Waals surface area contributed by atoms with E-state index in [9.17, 15) is 0 Å². The Balaban J connectivity index is 2.47. The van der Waals surface area contributed by atoms with Crippen LogP contribution in [0.1, 0.15) is 18.7 Å². The fourth-order valence-corrected chi connectivity index (χ4v) is 2.24. The summed E-state index contributed by atoms with van der Waals surface area (Å²) >= 11 is 1.69. The number of imidazole rings is 1. The predicted molar refractivity (Wildman–Crippen MR) is 59.1 cm³/mol. The van der Waals surface area contributed by atoms with Gasteiger partial charge in [0.05, 0.1) is 16.8 Å². The van der Waals surface area contributed by atoms with Crippen LogP contribution in [0.4, 0.5) is 0 Å². The molecule has 0 radical (unpaired) electrons. The first-order valence-corrected chi connectivity index (χ1v) is 5.39. The molecule has 0 fully saturated rings. The highest BCUT2D eigenvalue weighted by molar-refractivity contribution is 7.13. The van der Waals surface area contributed by atoms with Crippen molar-refractivity contribution < 1.29 is 0 Å². The zero-order valence-electron chi connectivity index (χ0n) is 8.27. The van der Waals surface area contributed by atoms with Gasteiger partial charge in [0.1, 0.15) is 5.82 Å². The molecule has 2 N–H and O–H groups in total. The molecule has 0 saturated carbocycles. The molecule has 0 bridgehead atoms. The van der Waals surface area contributed by atoms with E-state index < -0.39 is 0 Å². The molecule has 2 aromatic rings. The maximum absolute atomic E-state index is 5.82. The van der Waals surface area contributed by atoms with Crippen LogP contribution in [0.5, 0.6) is 0 Å². The maximum atomic E-state index is 5.82. The van der Waals surface area contributed by atoms with E-state index in [0.717, 1.165) is 11.5 Å². The summed E-state index contributed by atoms with van der Waals surface area (Å²) in [7, 11) is 2.00. The summed E-state index contributed by atoms with van der Waals surface area (Å²) in [6, 6.07) is 4.12. The average Bonchev–Trinajstić information content (AvgIpc) is 2.71. The molecule has 0 aliphatic heterocycles. The van der Waals surface area contributed by atoms with Gasteiger partial charge in [0.2, 0.25) is 0 Å². The summed E-state index contributed by atoms with van der Waals surface area (Å²) in [6.07, 6.45) is 1.85. The largest absolute Gasteiger partial charge is 0.329 e. The molecule has 2 aromatic heterocycles. The van der Waals surface area contributed by atoms with Crippen molar-refractivity contribution in [2.45, 2.75) is 13.0 Å². The summed E-state index contributed by atoms with van der Waals surface area (Å²) < 4.78 is 2.05. The second kappa shape index (κ2) is 3.55. The normalized spacial score (nSPS) is 13.1. The van der Waals surface area contributed by atoms with Crippen molar-refractivity contribution in [3.8, 4) is 10.7 Å². The lowest BCUT2D eigenvalue weighted by Gasteiger charge is -2.07. The smallest absolute Gasteiger partial charge is 0.150 e. The zero-order chi connectivity index (χ0) is 10.1. The van der Waals surface area contributed by atoms with Crippen LogP contribution in [0.15, 0.2) is 23.7 Å². The Bertz CT molecular complexity index is 415. The van der Waals surface area contributed by atoms with Gasteiger partial charge >= 0.3 is 0 Å². The van der Waals surface area contributed by atoms with Crippen molar-refractivity contribution in [2.75, 3.05) is 0 Å². The molecule has 0 saturated heterocycles. The number of nitrogens with two attached hydrogens (primary N) is 1. The Morgan fingerprint density at radius 1 is 1.57 bits per heavy atom. The SMILES string of the molecule is CC(N)c1cnc(-c2cccs2)n1C. The molecule has 74 valence electrons. The number of aromatic nitrogens is 2. The standard InChI is InChI=1S/C10H13N3S/c1-7(11)8-6-12-10(13(8)2)9-4-3-5-14-9/h3-7H,11H2,1-2H3. The Labute approximate surface area is 87.2 Å². The van der Waals surface area contributed by atoms with E-state index in [1.165, 1.54) is 4.88 Å². The molecule has 0 aromatic carbocycles. The van der Waals surface area contributed by atoms with Crippen LogP contribution in [0.25, 0.3) is 10.7 Å². The molecule has 0 aliphatic rings. The van der Waals surface area contributed by atoms with Crippen molar-refractivity contribution in [1.29, 1.82) is 0 Å². The molecule has 0 amide bonds. The monoisotopic (exact) mass is 207 g/mol. The van der Waals surface area contributed by atoms with Gasteiger partial charge in [-0.25, -0.2) is 4.98 Å². The van der Waals surface area contributed by atoms with Crippen LogP contribution >= 0.6 is 11.3 Å². The van der Waals surface area contributed by atoms with Crippen molar-refractivity contribution in [1.82, 2.24) is 9.55 Å². The van der Waals surface area contributed by atoms with E-state index in [4.69, 9.17) is 5.73 Å². The number of hydrogen-bond donors (Lipinski definition) is 1. The van der Waals surface area contributed by atoms with Crippen LogP contribution in [0.3, 0.4) is 0 Å². The highest BCUT2D eigenvalue weighted by atomic mass is 32.1. The van der Waals surface area contributed by atoms with E-state index in [1.807, 2.05) is 26.2 Å². The van der Waals surface area contributed by atoms with Crippen LogP contribution < -0.4 is 5.73 Å². The van der Waals surface area contributed by atoms with Crippen LogP contribution in [-0.2, 0) is 7.05 Å². The molecule has 1 atom stereocenters. The third-order valence-corrected chi connectivity index (χ3v) is 3.10. The number of thiophene rings is 1. The second-order valence-corrected chi connectivity index (χ2v) is 4.28. The average molecular weight is 207 g/mol. The minimum absolute atomic E-state index is 0.0289. The predicted octanol–water partition coefficient (Wildman–Crippen LogP) is 2.17. The number of nitrogens with zero attached hydrogens (tertiary/aromatic N) is 2. The highest BCUT2D eigenvalue weighted by Gasteiger charge is 2.11. The second-order valence-electron chi connectivity index (χ2n) is 3.33. The summed E-state index contributed by atoms with van der Waals surface area (Å²) in [6.45, 7) is 1.97. The van der Waals surface area contributed by atoms with Crippen molar-refractivity contribution in [3.05, 3.63) is 29.4 Å². The number of hydrogen-bond acceptors (Lipinski definition) is 3. The fraction of sp³-hybridized carbons (Fsp3) is 0.300. The topological polar surface area (TPSA) is 43.8 Å². The summed E-state index contributed by atoms with van der Waals surface area (Å²) in [5, 5.41) is 2.05. The van der Waals surface area contributed by atoms with Gasteiger partial charge in [0, 0.05) is 13.1 Å². The Morgan fingerprint density at radius 3 is 2.86 bits per heavy atom. The van der Waals surface area contributed by atoms with Crippen LogP contribution in [0, 0.1) is 0 Å². The molecular formula is C10H13N3S. The van der Waals surface area contributed by atoms with Crippen LogP contribution in [-0.4, -0.2) is 9.55 Å². The molecule has 2 rings (SSSR count). The van der Waals surface area contributed by atoms with E-state index in [1.54, 1.807) is 11.3 Å². The molecule has 4 heteroatoms. The third kappa shape index (κ3) is 1.47. The quantitative estimate of drug-likeness (QED) is 0.820. The molecule has 3 nitrogen and oxygen atoms in total. The van der Waals surface area contributed by atoms with Crippen molar-refractivity contribution >= 4 is 11.3 Å². The summed E-state index contributed by atoms with van der Waals surface area (Å²) in [5.41, 5.74) is 6.89. The Kier molecular flexibility index (Phi) is 2.39. The molecule has 0 spiro atoms. The lowest BCUT2D eigenvalue weighted by molar-refractivity contribution is 0.719. The zero-order valence-corrected chi connectivity index (χ0v) is 9.08. The van der Waals surface area contributed by atoms with E-state index in [-0.39, 0.29) is 6.04 Å². The minimum atomic E-state index is 0.0289. The summed E-state index contributed by atoms with van der Waals surface area (Å²) in [4.78, 5) is 5.55. The minimum Gasteiger partial charge on any atom is -0.329 e. The third-order valence-electron chi connectivity index (χ3n) is 2.23. The molecule has 0 aliphatic carbocycles. The fourth-order valence-electron chi connectivity index (χ4n) is 1.48. The van der Waals surface area contributed by atoms with Gasteiger partial charge in [-0.2, -0.15) is 0 Å². The van der Waals surface area contributed by atoms with Gasteiger partial charge in [-0.15, -0.1) is 11.3 Å². The van der Waals surface area contributed by atoms with E-state index >= 15 is 0 Å². The molecule has 1 unspecified atom stereocenters. The van der Waals surface area contributed by atoms with Crippen molar-refractivity contribution in [3.63, 3.8) is 0 Å². The first-order valence-electron chi connectivity index (χ1n) is 4.51.